The molecule has 0 spiro atoms. The van der Waals surface area contributed by atoms with Crippen molar-refractivity contribution in [3.05, 3.63) is 42.5 Å². The summed E-state index contributed by atoms with van der Waals surface area (Å²) in [6, 6.07) is 11.4. The first-order chi connectivity index (χ1) is 16.3. The summed E-state index contributed by atoms with van der Waals surface area (Å²) >= 11 is 0. The molecule has 0 bridgehead atoms. The van der Waals surface area contributed by atoms with Gasteiger partial charge >= 0.3 is 0 Å². The van der Waals surface area contributed by atoms with Crippen LogP contribution in [0.2, 0.25) is 0 Å². The maximum atomic E-state index is 13.0. The zero-order valence-corrected chi connectivity index (χ0v) is 20.1. The van der Waals surface area contributed by atoms with E-state index < -0.39 is 15.9 Å². The maximum absolute atomic E-state index is 13.0. The molecule has 2 aliphatic heterocycles. The van der Waals surface area contributed by atoms with Crippen LogP contribution in [0.3, 0.4) is 0 Å². The van der Waals surface area contributed by atoms with E-state index in [0.717, 1.165) is 19.3 Å². The van der Waals surface area contributed by atoms with Crippen molar-refractivity contribution in [3.8, 4) is 11.5 Å². The lowest BCUT2D eigenvalue weighted by Crippen LogP contribution is -2.35. The molecule has 0 aliphatic carbocycles. The van der Waals surface area contributed by atoms with Crippen LogP contribution in [0.15, 0.2) is 47.4 Å². The Kier molecular flexibility index (Phi) is 7.08. The molecular formula is C24H29N3O6S. The fraction of sp³-hybridized carbons (Fsp3) is 0.417. The average Bonchev–Trinajstić information content (AvgIpc) is 3.26. The van der Waals surface area contributed by atoms with Gasteiger partial charge < -0.3 is 19.7 Å². The highest BCUT2D eigenvalue weighted by atomic mass is 32.2. The number of amides is 2. The fourth-order valence-electron chi connectivity index (χ4n) is 4.36. The number of sulfonamides is 1. The molecule has 2 heterocycles. The van der Waals surface area contributed by atoms with Gasteiger partial charge in [-0.1, -0.05) is 12.5 Å². The van der Waals surface area contributed by atoms with Crippen LogP contribution in [0.25, 0.3) is 0 Å². The summed E-state index contributed by atoms with van der Waals surface area (Å²) in [4.78, 5) is 27.4. The predicted octanol–water partition coefficient (Wildman–Crippen LogP) is 2.87. The first kappa shape index (κ1) is 24.0. The van der Waals surface area contributed by atoms with Crippen molar-refractivity contribution in [3.63, 3.8) is 0 Å². The number of carbonyl (C=O) groups excluding carboxylic acids is 2. The number of hydrogen-bond acceptors (Lipinski definition) is 6. The summed E-state index contributed by atoms with van der Waals surface area (Å²) in [5.41, 5.74) is 0.921. The van der Waals surface area contributed by atoms with Crippen LogP contribution in [0, 0.1) is 5.92 Å². The van der Waals surface area contributed by atoms with Gasteiger partial charge in [0.2, 0.25) is 21.8 Å². The summed E-state index contributed by atoms with van der Waals surface area (Å²) in [6.07, 6.45) is 2.76. The van der Waals surface area contributed by atoms with Gasteiger partial charge in [0.25, 0.3) is 0 Å². The first-order valence-electron chi connectivity index (χ1n) is 11.3. The molecule has 1 unspecified atom stereocenters. The number of nitrogens with zero attached hydrogens (tertiary/aromatic N) is 2. The van der Waals surface area contributed by atoms with Crippen molar-refractivity contribution in [2.45, 2.75) is 30.6 Å². The molecular weight excluding hydrogens is 458 g/mol. The Morgan fingerprint density at radius 2 is 1.79 bits per heavy atom. The van der Waals surface area contributed by atoms with E-state index in [1.54, 1.807) is 30.3 Å². The van der Waals surface area contributed by atoms with Crippen molar-refractivity contribution in [1.29, 1.82) is 0 Å². The second-order valence-corrected chi connectivity index (χ2v) is 10.4. The number of benzene rings is 2. The lowest BCUT2D eigenvalue weighted by Gasteiger charge is -2.26. The Hall–Kier alpha value is -3.11. The fourth-order valence-corrected chi connectivity index (χ4v) is 5.92. The second kappa shape index (κ2) is 10.0. The Morgan fingerprint density at radius 3 is 2.50 bits per heavy atom. The van der Waals surface area contributed by atoms with E-state index in [-0.39, 0.29) is 29.7 Å². The number of nitrogens with one attached hydrogen (secondary N) is 1. The molecule has 9 nitrogen and oxygen atoms in total. The van der Waals surface area contributed by atoms with Crippen molar-refractivity contribution in [2.24, 2.45) is 5.92 Å². The molecule has 0 aromatic heterocycles. The summed E-state index contributed by atoms with van der Waals surface area (Å²) in [6.45, 7) is 1.19. The smallest absolute Gasteiger partial charge is 0.243 e. The largest absolute Gasteiger partial charge is 0.497 e. The van der Waals surface area contributed by atoms with Crippen LogP contribution in [-0.4, -0.2) is 58.4 Å². The summed E-state index contributed by atoms with van der Waals surface area (Å²) in [5.74, 6) is -0.0572. The van der Waals surface area contributed by atoms with Gasteiger partial charge in [0.05, 0.1) is 30.7 Å². The van der Waals surface area contributed by atoms with E-state index in [1.807, 2.05) is 0 Å². The Balaban J connectivity index is 1.48. The number of carbonyl (C=O) groups is 2. The minimum atomic E-state index is -3.61. The highest BCUT2D eigenvalue weighted by Crippen LogP contribution is 2.36. The monoisotopic (exact) mass is 487 g/mol. The normalized spacial score (nSPS) is 19.2. The lowest BCUT2D eigenvalue weighted by atomic mass is 10.1. The molecule has 2 amide bonds. The zero-order chi connectivity index (χ0) is 24.3. The van der Waals surface area contributed by atoms with Gasteiger partial charge in [-0.3, -0.25) is 9.59 Å². The SMILES string of the molecule is COc1ccc(OC)c(N2CC(C(=O)Nc3cccc(S(=O)(=O)N4CCCCC4)c3)CC2=O)c1. The minimum absolute atomic E-state index is 0.0396. The highest BCUT2D eigenvalue weighted by molar-refractivity contribution is 7.89. The molecule has 2 aromatic rings. The van der Waals surface area contributed by atoms with Crippen LogP contribution in [0.4, 0.5) is 11.4 Å². The summed E-state index contributed by atoms with van der Waals surface area (Å²) in [5, 5.41) is 2.79. The molecule has 10 heteroatoms. The van der Waals surface area contributed by atoms with E-state index >= 15 is 0 Å². The molecule has 34 heavy (non-hydrogen) atoms. The van der Waals surface area contributed by atoms with Crippen LogP contribution < -0.4 is 19.7 Å². The third-order valence-corrected chi connectivity index (χ3v) is 8.12. The van der Waals surface area contributed by atoms with E-state index in [9.17, 15) is 18.0 Å². The average molecular weight is 488 g/mol. The van der Waals surface area contributed by atoms with Gasteiger partial charge in [0.1, 0.15) is 11.5 Å². The van der Waals surface area contributed by atoms with Crippen LogP contribution in [0.1, 0.15) is 25.7 Å². The Morgan fingerprint density at radius 1 is 1.03 bits per heavy atom. The molecule has 4 rings (SSSR count). The van der Waals surface area contributed by atoms with Crippen molar-refractivity contribution in [2.75, 3.05) is 44.1 Å². The van der Waals surface area contributed by atoms with E-state index in [1.165, 1.54) is 35.6 Å². The van der Waals surface area contributed by atoms with Gasteiger partial charge in [-0.2, -0.15) is 4.31 Å². The Labute approximate surface area is 199 Å². The minimum Gasteiger partial charge on any atom is -0.497 e. The van der Waals surface area contributed by atoms with Gasteiger partial charge in [-0.25, -0.2) is 8.42 Å². The molecule has 1 atom stereocenters. The van der Waals surface area contributed by atoms with E-state index in [4.69, 9.17) is 9.47 Å². The topological polar surface area (TPSA) is 105 Å². The lowest BCUT2D eigenvalue weighted by molar-refractivity contribution is -0.122. The molecule has 0 radical (unpaired) electrons. The Bertz CT molecular complexity index is 1180. The molecule has 2 saturated heterocycles. The summed E-state index contributed by atoms with van der Waals surface area (Å²) in [7, 11) is -0.564. The molecule has 182 valence electrons. The third kappa shape index (κ3) is 4.88. The molecule has 2 fully saturated rings. The second-order valence-electron chi connectivity index (χ2n) is 8.42. The highest BCUT2D eigenvalue weighted by Gasteiger charge is 2.36. The zero-order valence-electron chi connectivity index (χ0n) is 19.3. The van der Waals surface area contributed by atoms with Crippen LogP contribution >= 0.6 is 0 Å². The predicted molar refractivity (Wildman–Crippen MR) is 128 cm³/mol. The number of anilines is 2. The van der Waals surface area contributed by atoms with Crippen LogP contribution in [-0.2, 0) is 19.6 Å². The molecule has 1 N–H and O–H groups in total. The third-order valence-electron chi connectivity index (χ3n) is 6.23. The quantitative estimate of drug-likeness (QED) is 0.644. The number of ether oxygens (including phenoxy) is 2. The number of piperidine rings is 1. The van der Waals surface area contributed by atoms with Crippen molar-refractivity contribution in [1.82, 2.24) is 4.31 Å². The number of rotatable bonds is 7. The molecule has 0 saturated carbocycles. The number of methoxy groups -OCH3 is 2. The molecule has 2 aliphatic rings. The van der Waals surface area contributed by atoms with Crippen molar-refractivity contribution >= 4 is 33.2 Å². The maximum Gasteiger partial charge on any atom is 0.243 e. The number of hydrogen-bond donors (Lipinski definition) is 1. The van der Waals surface area contributed by atoms with Gasteiger partial charge in [0.15, 0.2) is 0 Å². The van der Waals surface area contributed by atoms with Gasteiger partial charge in [-0.15, -0.1) is 0 Å². The standard InChI is InChI=1S/C24H29N3O6S/c1-32-19-9-10-22(33-2)21(15-19)27-16-17(13-23(27)28)24(29)25-18-7-6-8-20(14-18)34(30,31)26-11-4-3-5-12-26/h6-10,14-15,17H,3-5,11-13,16H2,1-2H3,(H,25,29). The van der Waals surface area contributed by atoms with Crippen LogP contribution in [0.5, 0.6) is 11.5 Å². The molecule has 2 aromatic carbocycles. The van der Waals surface area contributed by atoms with Gasteiger partial charge in [0, 0.05) is 37.8 Å². The van der Waals surface area contributed by atoms with Crippen molar-refractivity contribution < 1.29 is 27.5 Å². The van der Waals surface area contributed by atoms with E-state index in [2.05, 4.69) is 5.32 Å². The van der Waals surface area contributed by atoms with E-state index in [0.29, 0.717) is 36.0 Å². The first-order valence-corrected chi connectivity index (χ1v) is 12.7. The van der Waals surface area contributed by atoms with Gasteiger partial charge in [-0.05, 0) is 43.2 Å². The summed E-state index contributed by atoms with van der Waals surface area (Å²) < 4.78 is 38.1.